The van der Waals surface area contributed by atoms with Gasteiger partial charge in [-0.1, -0.05) is 29.8 Å². The molecule has 0 spiro atoms. The van der Waals surface area contributed by atoms with Gasteiger partial charge >= 0.3 is 0 Å². The third kappa shape index (κ3) is 5.44. The van der Waals surface area contributed by atoms with Gasteiger partial charge in [0.15, 0.2) is 0 Å². The first-order valence-corrected chi connectivity index (χ1v) is 12.9. The molecular formula is C26H27ClN2O4S. The number of amides is 1. The first-order valence-electron chi connectivity index (χ1n) is 11.7. The number of ether oxygens (including phenoxy) is 1. The van der Waals surface area contributed by atoms with Crippen molar-refractivity contribution in [3.05, 3.63) is 64.0 Å². The van der Waals surface area contributed by atoms with E-state index >= 15 is 0 Å². The van der Waals surface area contributed by atoms with Crippen LogP contribution < -0.4 is 10.1 Å². The molecule has 1 saturated carbocycles. The summed E-state index contributed by atoms with van der Waals surface area (Å²) in [4.78, 5) is 28.5. The molecule has 5 rings (SSSR count). The molecule has 1 amide bonds. The maximum Gasteiger partial charge on any atom is 0.293 e. The molecule has 178 valence electrons. The van der Waals surface area contributed by atoms with Crippen LogP contribution in [0.2, 0.25) is 5.02 Å². The molecule has 8 heteroatoms. The second-order valence-electron chi connectivity index (χ2n) is 9.04. The summed E-state index contributed by atoms with van der Waals surface area (Å²) in [7, 11) is 0. The van der Waals surface area contributed by atoms with E-state index in [4.69, 9.17) is 16.3 Å². The second kappa shape index (κ2) is 10.0. The van der Waals surface area contributed by atoms with Gasteiger partial charge < -0.3 is 20.1 Å². The Morgan fingerprint density at radius 1 is 1.12 bits per heavy atom. The minimum absolute atomic E-state index is 0.300. The van der Waals surface area contributed by atoms with Crippen molar-refractivity contribution in [3.63, 3.8) is 0 Å². The van der Waals surface area contributed by atoms with Crippen LogP contribution in [0.4, 0.5) is 0 Å². The molecule has 1 aliphatic heterocycles. The summed E-state index contributed by atoms with van der Waals surface area (Å²) in [6, 6.07) is 13.8. The van der Waals surface area contributed by atoms with Gasteiger partial charge in [-0.3, -0.25) is 9.59 Å². The molecule has 2 aliphatic rings. The van der Waals surface area contributed by atoms with Gasteiger partial charge in [0, 0.05) is 16.3 Å². The van der Waals surface area contributed by atoms with Crippen LogP contribution >= 0.6 is 22.9 Å². The maximum atomic E-state index is 13.0. The smallest absolute Gasteiger partial charge is 0.293 e. The van der Waals surface area contributed by atoms with E-state index in [2.05, 4.69) is 10.2 Å². The molecule has 3 aromatic rings. The van der Waals surface area contributed by atoms with Gasteiger partial charge in [-0.2, -0.15) is 0 Å². The van der Waals surface area contributed by atoms with Crippen molar-refractivity contribution in [1.82, 2.24) is 10.2 Å². The largest absolute Gasteiger partial charge is 0.490 e. The van der Waals surface area contributed by atoms with Crippen molar-refractivity contribution < 1.29 is 19.4 Å². The first kappa shape index (κ1) is 23.3. The highest BCUT2D eigenvalue weighted by molar-refractivity contribution is 7.21. The SMILES string of the molecule is O=C(N[C@H](CN1CCCC1)[C@H](O)c1ccc(OC2CC2)cc1)C(=O)c1cc2ccc(Cl)cc2s1. The average molecular weight is 499 g/mol. The van der Waals surface area contributed by atoms with E-state index < -0.39 is 23.8 Å². The van der Waals surface area contributed by atoms with E-state index in [0.29, 0.717) is 28.1 Å². The highest BCUT2D eigenvalue weighted by atomic mass is 35.5. The third-order valence-electron chi connectivity index (χ3n) is 6.31. The zero-order valence-corrected chi connectivity index (χ0v) is 20.3. The van der Waals surface area contributed by atoms with Gasteiger partial charge in [0.2, 0.25) is 0 Å². The Kier molecular flexibility index (Phi) is 6.88. The van der Waals surface area contributed by atoms with E-state index in [0.717, 1.165) is 54.6 Å². The molecule has 0 bridgehead atoms. The van der Waals surface area contributed by atoms with Gasteiger partial charge in [0.1, 0.15) is 11.9 Å². The minimum atomic E-state index is -0.950. The predicted molar refractivity (Wildman–Crippen MR) is 134 cm³/mol. The van der Waals surface area contributed by atoms with Crippen molar-refractivity contribution in [2.24, 2.45) is 0 Å². The number of ketones is 1. The van der Waals surface area contributed by atoms with Crippen LogP contribution in [0.15, 0.2) is 48.5 Å². The Morgan fingerprint density at radius 3 is 2.56 bits per heavy atom. The van der Waals surface area contributed by atoms with Crippen molar-refractivity contribution in [3.8, 4) is 5.75 Å². The summed E-state index contributed by atoms with van der Waals surface area (Å²) in [5, 5.41) is 15.4. The van der Waals surface area contributed by atoms with Gasteiger partial charge in [-0.25, -0.2) is 0 Å². The number of aliphatic hydroxyl groups excluding tert-OH is 1. The summed E-state index contributed by atoms with van der Waals surface area (Å²) in [5.41, 5.74) is 0.677. The fourth-order valence-electron chi connectivity index (χ4n) is 4.28. The molecule has 2 aromatic carbocycles. The molecular weight excluding hydrogens is 472 g/mol. The van der Waals surface area contributed by atoms with Crippen LogP contribution in [-0.2, 0) is 4.79 Å². The van der Waals surface area contributed by atoms with Gasteiger partial charge in [0.05, 0.1) is 17.0 Å². The molecule has 2 atom stereocenters. The number of aliphatic hydroxyl groups is 1. The molecule has 0 unspecified atom stereocenters. The number of carbonyl (C=O) groups is 2. The number of nitrogens with one attached hydrogen (secondary N) is 1. The number of hydrogen-bond acceptors (Lipinski definition) is 6. The number of thiophene rings is 1. The average Bonchev–Trinajstić information content (AvgIpc) is 3.31. The standard InChI is InChI=1S/C26H27ClN2O4S/c27-18-6-3-17-13-23(34-22(17)14-18)25(31)26(32)28-21(15-29-11-1-2-12-29)24(30)16-4-7-19(8-5-16)33-20-9-10-20/h3-8,13-14,20-21,24,30H,1-2,9-12,15H2,(H,28,32)/t21-,24-/m1/s1. The van der Waals surface area contributed by atoms with Crippen LogP contribution in [0.1, 0.15) is 47.0 Å². The lowest BCUT2D eigenvalue weighted by atomic mass is 10.0. The zero-order valence-electron chi connectivity index (χ0n) is 18.7. The van der Waals surface area contributed by atoms with Gasteiger partial charge in [-0.05, 0) is 80.1 Å². The number of halogens is 1. The monoisotopic (exact) mass is 498 g/mol. The van der Waals surface area contributed by atoms with Gasteiger partial charge in [-0.15, -0.1) is 11.3 Å². The molecule has 2 heterocycles. The Labute approximate surface area is 207 Å². The Balaban J connectivity index is 1.31. The van der Waals surface area contributed by atoms with E-state index in [1.807, 2.05) is 30.3 Å². The molecule has 2 fully saturated rings. The fourth-order valence-corrected chi connectivity index (χ4v) is 5.56. The van der Waals surface area contributed by atoms with Crippen LogP contribution in [-0.4, -0.2) is 53.5 Å². The molecule has 0 radical (unpaired) electrons. The lowest BCUT2D eigenvalue weighted by Crippen LogP contribution is -2.48. The van der Waals surface area contributed by atoms with Gasteiger partial charge in [0.25, 0.3) is 11.7 Å². The summed E-state index contributed by atoms with van der Waals surface area (Å²) in [6.45, 7) is 2.30. The van der Waals surface area contributed by atoms with Crippen molar-refractivity contribution in [2.45, 2.75) is 43.9 Å². The number of fused-ring (bicyclic) bond motifs is 1. The highest BCUT2D eigenvalue weighted by Gasteiger charge is 2.30. The molecule has 1 aromatic heterocycles. The van der Waals surface area contributed by atoms with Crippen molar-refractivity contribution in [2.75, 3.05) is 19.6 Å². The molecule has 1 aliphatic carbocycles. The maximum absolute atomic E-state index is 13.0. The lowest BCUT2D eigenvalue weighted by molar-refractivity contribution is -0.118. The summed E-state index contributed by atoms with van der Waals surface area (Å²) in [5.74, 6) is -0.544. The van der Waals surface area contributed by atoms with Crippen LogP contribution in [0.5, 0.6) is 5.75 Å². The molecule has 2 N–H and O–H groups in total. The number of likely N-dealkylation sites (tertiary alicyclic amines) is 1. The fraction of sp³-hybridized carbons (Fsp3) is 0.385. The van der Waals surface area contributed by atoms with E-state index in [1.54, 1.807) is 18.2 Å². The van der Waals surface area contributed by atoms with Crippen LogP contribution in [0.25, 0.3) is 10.1 Å². The van der Waals surface area contributed by atoms with Crippen LogP contribution in [0, 0.1) is 0 Å². The molecule has 1 saturated heterocycles. The normalized spacial score (nSPS) is 18.1. The number of rotatable bonds is 9. The number of carbonyl (C=O) groups excluding carboxylic acids is 2. The zero-order chi connectivity index (χ0) is 23.7. The topological polar surface area (TPSA) is 78.9 Å². The number of hydrogen-bond donors (Lipinski definition) is 2. The molecule has 34 heavy (non-hydrogen) atoms. The number of benzene rings is 2. The second-order valence-corrected chi connectivity index (χ2v) is 10.6. The van der Waals surface area contributed by atoms with Crippen LogP contribution in [0.3, 0.4) is 0 Å². The minimum Gasteiger partial charge on any atom is -0.490 e. The van der Waals surface area contributed by atoms with E-state index in [1.165, 1.54) is 11.3 Å². The Morgan fingerprint density at radius 2 is 1.85 bits per heavy atom. The summed E-state index contributed by atoms with van der Waals surface area (Å²) >= 11 is 7.30. The number of Topliss-reactive ketones (excluding diaryl/α,β-unsaturated/α-hetero) is 1. The predicted octanol–water partition coefficient (Wildman–Crippen LogP) is 4.59. The van der Waals surface area contributed by atoms with E-state index in [-0.39, 0.29) is 0 Å². The Bertz CT molecular complexity index is 1190. The van der Waals surface area contributed by atoms with Crippen molar-refractivity contribution >= 4 is 44.7 Å². The first-order chi connectivity index (χ1) is 16.5. The highest BCUT2D eigenvalue weighted by Crippen LogP contribution is 2.30. The van der Waals surface area contributed by atoms with Crippen molar-refractivity contribution in [1.29, 1.82) is 0 Å². The quantitative estimate of drug-likeness (QED) is 0.333. The Hall–Kier alpha value is -2.45. The third-order valence-corrected chi connectivity index (χ3v) is 7.64. The summed E-state index contributed by atoms with van der Waals surface area (Å²) in [6.07, 6.45) is 3.69. The molecule has 6 nitrogen and oxygen atoms in total. The van der Waals surface area contributed by atoms with E-state index in [9.17, 15) is 14.7 Å². The summed E-state index contributed by atoms with van der Waals surface area (Å²) < 4.78 is 6.65. The lowest BCUT2D eigenvalue weighted by Gasteiger charge is -2.28. The number of nitrogens with zero attached hydrogens (tertiary/aromatic N) is 1.